The van der Waals surface area contributed by atoms with Gasteiger partial charge < -0.3 is 10.2 Å². The van der Waals surface area contributed by atoms with Gasteiger partial charge in [0.2, 0.25) is 0 Å². The van der Waals surface area contributed by atoms with E-state index in [9.17, 15) is 10.2 Å². The second kappa shape index (κ2) is 6.72. The molecule has 0 aliphatic carbocycles. The van der Waals surface area contributed by atoms with E-state index < -0.39 is 0 Å². The van der Waals surface area contributed by atoms with Gasteiger partial charge in [-0.25, -0.2) is 0 Å². The maximum Gasteiger partial charge on any atom is 0.122 e. The van der Waals surface area contributed by atoms with Crippen LogP contribution in [0.5, 0.6) is 11.5 Å². The summed E-state index contributed by atoms with van der Waals surface area (Å²) in [6, 6.07) is 0. The van der Waals surface area contributed by atoms with Crippen LogP contribution in [0.4, 0.5) is 0 Å². The standard InChI is InChI=1S/C19H32O2/c1-12(2)8-9-15-16(10-11-19(5,6)7)18(21)14(4)13(3)17(15)20/h12,20-21H,8-11H2,1-7H3. The molecular weight excluding hydrogens is 260 g/mol. The highest BCUT2D eigenvalue weighted by atomic mass is 16.3. The Balaban J connectivity index is 3.23. The number of benzene rings is 1. The Morgan fingerprint density at radius 3 is 1.67 bits per heavy atom. The van der Waals surface area contributed by atoms with Gasteiger partial charge in [-0.15, -0.1) is 0 Å². The van der Waals surface area contributed by atoms with Crippen molar-refractivity contribution >= 4 is 0 Å². The van der Waals surface area contributed by atoms with Crippen LogP contribution in [0.3, 0.4) is 0 Å². The average molecular weight is 292 g/mol. The summed E-state index contributed by atoms with van der Waals surface area (Å²) in [6.07, 6.45) is 3.67. The van der Waals surface area contributed by atoms with Crippen LogP contribution in [0.1, 0.15) is 69.7 Å². The molecule has 0 bridgehead atoms. The summed E-state index contributed by atoms with van der Waals surface area (Å²) in [6.45, 7) is 14.8. The molecule has 0 unspecified atom stereocenters. The van der Waals surface area contributed by atoms with Gasteiger partial charge in [-0.05, 0) is 62.0 Å². The molecule has 0 saturated carbocycles. The number of hydrogen-bond acceptors (Lipinski definition) is 2. The van der Waals surface area contributed by atoms with Crippen molar-refractivity contribution in [1.82, 2.24) is 0 Å². The Morgan fingerprint density at radius 2 is 1.29 bits per heavy atom. The Morgan fingerprint density at radius 1 is 0.857 bits per heavy atom. The van der Waals surface area contributed by atoms with Crippen molar-refractivity contribution < 1.29 is 10.2 Å². The predicted octanol–water partition coefficient (Wildman–Crippen LogP) is 5.28. The zero-order valence-corrected chi connectivity index (χ0v) is 14.8. The lowest BCUT2D eigenvalue weighted by Gasteiger charge is -2.22. The topological polar surface area (TPSA) is 40.5 Å². The molecule has 0 amide bonds. The second-order valence-corrected chi connectivity index (χ2v) is 7.90. The van der Waals surface area contributed by atoms with Crippen molar-refractivity contribution in [3.8, 4) is 11.5 Å². The fourth-order valence-electron chi connectivity index (χ4n) is 2.57. The lowest BCUT2D eigenvalue weighted by Crippen LogP contribution is -2.09. The van der Waals surface area contributed by atoms with Crippen molar-refractivity contribution in [2.75, 3.05) is 0 Å². The van der Waals surface area contributed by atoms with Gasteiger partial charge in [0, 0.05) is 11.1 Å². The molecule has 0 spiro atoms. The number of phenolic OH excluding ortho intramolecular Hbond substituents is 2. The SMILES string of the molecule is Cc1c(C)c(O)c(CCC(C)(C)C)c(CCC(C)C)c1O. The first kappa shape index (κ1) is 17.9. The van der Waals surface area contributed by atoms with Gasteiger partial charge in [0.05, 0.1) is 0 Å². The van der Waals surface area contributed by atoms with E-state index in [1.807, 2.05) is 13.8 Å². The van der Waals surface area contributed by atoms with Gasteiger partial charge >= 0.3 is 0 Å². The Hall–Kier alpha value is -1.18. The minimum Gasteiger partial charge on any atom is -0.507 e. The molecular formula is C19H32O2. The number of rotatable bonds is 5. The molecule has 0 radical (unpaired) electrons. The van der Waals surface area contributed by atoms with Gasteiger partial charge in [0.25, 0.3) is 0 Å². The van der Waals surface area contributed by atoms with Gasteiger partial charge in [-0.3, -0.25) is 0 Å². The largest absolute Gasteiger partial charge is 0.507 e. The lowest BCUT2D eigenvalue weighted by atomic mass is 9.84. The van der Waals surface area contributed by atoms with Gasteiger partial charge in [0.1, 0.15) is 11.5 Å². The number of hydrogen-bond donors (Lipinski definition) is 2. The third kappa shape index (κ3) is 4.66. The first-order valence-electron chi connectivity index (χ1n) is 8.07. The minimum absolute atomic E-state index is 0.218. The van der Waals surface area contributed by atoms with Crippen LogP contribution in [-0.4, -0.2) is 10.2 Å². The maximum absolute atomic E-state index is 10.5. The van der Waals surface area contributed by atoms with Gasteiger partial charge in [-0.1, -0.05) is 34.6 Å². The predicted molar refractivity (Wildman–Crippen MR) is 90.2 cm³/mol. The molecule has 0 aliphatic rings. The molecule has 2 heteroatoms. The maximum atomic E-state index is 10.5. The zero-order chi connectivity index (χ0) is 16.4. The van der Waals surface area contributed by atoms with E-state index in [0.717, 1.165) is 47.9 Å². The molecule has 1 aromatic rings. The molecule has 2 N–H and O–H groups in total. The Kier molecular flexibility index (Phi) is 5.72. The van der Waals surface area contributed by atoms with Gasteiger partial charge in [0.15, 0.2) is 0 Å². The summed E-state index contributed by atoms with van der Waals surface area (Å²) in [5.74, 6) is 1.35. The van der Waals surface area contributed by atoms with E-state index in [0.29, 0.717) is 17.4 Å². The Labute approximate surface area is 130 Å². The fraction of sp³-hybridized carbons (Fsp3) is 0.684. The normalized spacial score (nSPS) is 12.2. The minimum atomic E-state index is 0.218. The van der Waals surface area contributed by atoms with E-state index in [-0.39, 0.29) is 5.41 Å². The van der Waals surface area contributed by atoms with E-state index in [2.05, 4.69) is 34.6 Å². The van der Waals surface area contributed by atoms with Crippen molar-refractivity contribution in [2.45, 2.75) is 74.1 Å². The Bertz CT molecular complexity index is 494. The summed E-state index contributed by atoms with van der Waals surface area (Å²) >= 11 is 0. The van der Waals surface area contributed by atoms with Crippen LogP contribution in [0.25, 0.3) is 0 Å². The quantitative estimate of drug-likeness (QED) is 0.725. The van der Waals surface area contributed by atoms with Crippen LogP contribution in [0, 0.1) is 25.2 Å². The second-order valence-electron chi connectivity index (χ2n) is 7.90. The van der Waals surface area contributed by atoms with Gasteiger partial charge in [-0.2, -0.15) is 0 Å². The molecule has 0 saturated heterocycles. The summed E-state index contributed by atoms with van der Waals surface area (Å²) in [7, 11) is 0. The smallest absolute Gasteiger partial charge is 0.122 e. The zero-order valence-electron chi connectivity index (χ0n) is 14.8. The monoisotopic (exact) mass is 292 g/mol. The van der Waals surface area contributed by atoms with Crippen LogP contribution < -0.4 is 0 Å². The molecule has 2 nitrogen and oxygen atoms in total. The molecule has 0 fully saturated rings. The molecule has 21 heavy (non-hydrogen) atoms. The molecule has 120 valence electrons. The van der Waals surface area contributed by atoms with Crippen LogP contribution in [0.2, 0.25) is 0 Å². The van der Waals surface area contributed by atoms with Crippen LogP contribution in [0.15, 0.2) is 0 Å². The first-order valence-corrected chi connectivity index (χ1v) is 8.07. The molecule has 0 aliphatic heterocycles. The highest BCUT2D eigenvalue weighted by Gasteiger charge is 2.21. The average Bonchev–Trinajstić information content (AvgIpc) is 2.36. The summed E-state index contributed by atoms with van der Waals surface area (Å²) in [5.41, 5.74) is 3.74. The van der Waals surface area contributed by atoms with Crippen LogP contribution in [-0.2, 0) is 12.8 Å². The molecule has 1 aromatic carbocycles. The highest BCUT2D eigenvalue weighted by Crippen LogP contribution is 2.39. The van der Waals surface area contributed by atoms with E-state index in [1.165, 1.54) is 0 Å². The van der Waals surface area contributed by atoms with Crippen molar-refractivity contribution in [3.05, 3.63) is 22.3 Å². The van der Waals surface area contributed by atoms with E-state index in [4.69, 9.17) is 0 Å². The summed E-state index contributed by atoms with van der Waals surface area (Å²) in [4.78, 5) is 0. The third-order valence-electron chi connectivity index (χ3n) is 4.31. The van der Waals surface area contributed by atoms with Crippen molar-refractivity contribution in [2.24, 2.45) is 11.3 Å². The third-order valence-corrected chi connectivity index (χ3v) is 4.31. The number of phenols is 2. The molecule has 0 atom stereocenters. The molecule has 0 aromatic heterocycles. The first-order chi connectivity index (χ1) is 9.54. The molecule has 1 rings (SSSR count). The van der Waals surface area contributed by atoms with Crippen molar-refractivity contribution in [1.29, 1.82) is 0 Å². The van der Waals surface area contributed by atoms with E-state index >= 15 is 0 Å². The number of aromatic hydroxyl groups is 2. The lowest BCUT2D eigenvalue weighted by molar-refractivity contribution is 0.370. The fourth-order valence-corrected chi connectivity index (χ4v) is 2.57. The summed E-state index contributed by atoms with van der Waals surface area (Å²) < 4.78 is 0. The van der Waals surface area contributed by atoms with E-state index in [1.54, 1.807) is 0 Å². The van der Waals surface area contributed by atoms with Crippen LogP contribution >= 0.6 is 0 Å². The highest BCUT2D eigenvalue weighted by molar-refractivity contribution is 5.57. The van der Waals surface area contributed by atoms with Crippen molar-refractivity contribution in [3.63, 3.8) is 0 Å². The summed E-state index contributed by atoms with van der Waals surface area (Å²) in [5, 5.41) is 21.0. The molecule has 0 heterocycles.